The Balaban J connectivity index is 1.69. The Morgan fingerprint density at radius 1 is 0.944 bits per heavy atom. The van der Waals surface area contributed by atoms with Crippen LogP contribution in [-0.4, -0.2) is 12.1 Å². The molecule has 3 heteroatoms. The molecule has 2 saturated carbocycles. The molecule has 3 nitrogen and oxygen atoms in total. The zero-order valence-electron chi connectivity index (χ0n) is 11.0. The van der Waals surface area contributed by atoms with E-state index in [2.05, 4.69) is 11.1 Å². The molecule has 18 heavy (non-hydrogen) atoms. The number of isocyanates is 1. The molecule has 0 aliphatic heterocycles. The predicted molar refractivity (Wildman–Crippen MR) is 69.5 cm³/mol. The predicted octanol–water partition coefficient (Wildman–Crippen LogP) is 3.60. The van der Waals surface area contributed by atoms with Crippen LogP contribution in [0, 0.1) is 29.1 Å². The van der Waals surface area contributed by atoms with Crippen LogP contribution >= 0.6 is 0 Å². The Hall–Kier alpha value is -1.13. The highest BCUT2D eigenvalue weighted by molar-refractivity contribution is 5.33. The summed E-state index contributed by atoms with van der Waals surface area (Å²) in [6.45, 7) is 0. The van der Waals surface area contributed by atoms with Gasteiger partial charge in [-0.2, -0.15) is 5.26 Å². The normalized spacial score (nSPS) is 36.4. The van der Waals surface area contributed by atoms with Gasteiger partial charge in [0.2, 0.25) is 6.08 Å². The molecule has 2 fully saturated rings. The lowest BCUT2D eigenvalue weighted by Crippen LogP contribution is -2.21. The van der Waals surface area contributed by atoms with Gasteiger partial charge >= 0.3 is 0 Å². The number of nitriles is 1. The second-order valence-corrected chi connectivity index (χ2v) is 5.98. The fourth-order valence-corrected chi connectivity index (χ4v) is 3.58. The highest BCUT2D eigenvalue weighted by atomic mass is 16.1. The van der Waals surface area contributed by atoms with Crippen molar-refractivity contribution in [2.45, 2.75) is 63.8 Å². The molecule has 0 N–H and O–H groups in total. The molecule has 0 aromatic heterocycles. The first-order valence-electron chi connectivity index (χ1n) is 7.28. The number of rotatable bonds is 3. The van der Waals surface area contributed by atoms with Crippen LogP contribution in [0.3, 0.4) is 0 Å². The van der Waals surface area contributed by atoms with E-state index in [1.807, 2.05) is 0 Å². The first-order chi connectivity index (χ1) is 8.81. The molecule has 2 aliphatic rings. The Bertz CT molecular complexity index is 338. The van der Waals surface area contributed by atoms with E-state index in [9.17, 15) is 4.79 Å². The highest BCUT2D eigenvalue weighted by Crippen LogP contribution is 2.37. The molecule has 0 aromatic carbocycles. The molecule has 0 unspecified atom stereocenters. The SMILES string of the molecule is N#C[C@H]1CC[C@@H](C[C@H]2CC[C@H](N=C=O)CC2)CC1. The summed E-state index contributed by atoms with van der Waals surface area (Å²) in [6, 6.07) is 2.64. The van der Waals surface area contributed by atoms with Gasteiger partial charge in [0.05, 0.1) is 12.1 Å². The first kappa shape index (κ1) is 13.3. The second-order valence-electron chi connectivity index (χ2n) is 5.98. The minimum absolute atomic E-state index is 0.244. The number of hydrogen-bond donors (Lipinski definition) is 0. The molecule has 0 amide bonds. The molecule has 98 valence electrons. The maximum atomic E-state index is 10.2. The van der Waals surface area contributed by atoms with E-state index >= 15 is 0 Å². The molecule has 0 bridgehead atoms. The minimum Gasteiger partial charge on any atom is -0.211 e. The summed E-state index contributed by atoms with van der Waals surface area (Å²) in [5.74, 6) is 1.98. The Kier molecular flexibility index (Phi) is 4.96. The summed E-state index contributed by atoms with van der Waals surface area (Å²) >= 11 is 0. The largest absolute Gasteiger partial charge is 0.235 e. The van der Waals surface area contributed by atoms with Crippen LogP contribution in [-0.2, 0) is 4.79 Å². The topological polar surface area (TPSA) is 53.2 Å². The molecule has 0 heterocycles. The average molecular weight is 246 g/mol. The fourth-order valence-electron chi connectivity index (χ4n) is 3.58. The van der Waals surface area contributed by atoms with Crippen LogP contribution in [0.5, 0.6) is 0 Å². The molecular formula is C15H22N2O. The quantitative estimate of drug-likeness (QED) is 0.564. The fraction of sp³-hybridized carbons (Fsp3) is 0.867. The molecule has 2 aliphatic carbocycles. The smallest absolute Gasteiger partial charge is 0.211 e. The van der Waals surface area contributed by atoms with Gasteiger partial charge in [0.15, 0.2) is 0 Å². The van der Waals surface area contributed by atoms with Crippen molar-refractivity contribution in [3.63, 3.8) is 0 Å². The third-order valence-corrected chi connectivity index (χ3v) is 4.75. The molecule has 0 saturated heterocycles. The van der Waals surface area contributed by atoms with Crippen molar-refractivity contribution in [3.8, 4) is 6.07 Å². The number of nitrogens with zero attached hydrogens (tertiary/aromatic N) is 2. The van der Waals surface area contributed by atoms with Crippen LogP contribution in [0.15, 0.2) is 4.99 Å². The van der Waals surface area contributed by atoms with Gasteiger partial charge in [-0.1, -0.05) is 0 Å². The van der Waals surface area contributed by atoms with Crippen LogP contribution in [0.2, 0.25) is 0 Å². The highest BCUT2D eigenvalue weighted by Gasteiger charge is 2.26. The summed E-state index contributed by atoms with van der Waals surface area (Å²) < 4.78 is 0. The van der Waals surface area contributed by atoms with E-state index in [1.54, 1.807) is 6.08 Å². The molecule has 0 aromatic rings. The van der Waals surface area contributed by atoms with Crippen LogP contribution in [0.4, 0.5) is 0 Å². The summed E-state index contributed by atoms with van der Waals surface area (Å²) in [5, 5.41) is 8.89. The van der Waals surface area contributed by atoms with E-state index in [-0.39, 0.29) is 6.04 Å². The zero-order chi connectivity index (χ0) is 12.8. The average Bonchev–Trinajstić information content (AvgIpc) is 2.42. The molecule has 0 spiro atoms. The Labute approximate surface area is 109 Å². The van der Waals surface area contributed by atoms with Gasteiger partial charge in [-0.05, 0) is 69.6 Å². The molecule has 2 rings (SSSR count). The summed E-state index contributed by atoms with van der Waals surface area (Å²) in [4.78, 5) is 14.1. The summed E-state index contributed by atoms with van der Waals surface area (Å²) in [5.41, 5.74) is 0. The van der Waals surface area contributed by atoms with Gasteiger partial charge in [-0.25, -0.2) is 9.79 Å². The summed E-state index contributed by atoms with van der Waals surface area (Å²) in [6.07, 6.45) is 12.3. The van der Waals surface area contributed by atoms with Crippen molar-refractivity contribution in [1.82, 2.24) is 0 Å². The third-order valence-electron chi connectivity index (χ3n) is 4.75. The molecule has 0 radical (unpaired) electrons. The lowest BCUT2D eigenvalue weighted by molar-refractivity contribution is 0.221. The third kappa shape index (κ3) is 3.68. The van der Waals surface area contributed by atoms with Gasteiger partial charge in [0, 0.05) is 5.92 Å². The lowest BCUT2D eigenvalue weighted by Gasteiger charge is -2.31. The maximum absolute atomic E-state index is 10.2. The number of carbonyl (C=O) groups excluding carboxylic acids is 1. The van der Waals surface area contributed by atoms with Crippen molar-refractivity contribution >= 4 is 6.08 Å². The van der Waals surface area contributed by atoms with E-state index in [0.29, 0.717) is 5.92 Å². The maximum Gasteiger partial charge on any atom is 0.235 e. The zero-order valence-corrected chi connectivity index (χ0v) is 11.0. The second kappa shape index (κ2) is 6.71. The van der Waals surface area contributed by atoms with E-state index < -0.39 is 0 Å². The van der Waals surface area contributed by atoms with E-state index in [1.165, 1.54) is 32.1 Å². The van der Waals surface area contributed by atoms with Gasteiger partial charge in [0.1, 0.15) is 0 Å². The standard InChI is InChI=1S/C15H22N2O/c16-10-14-3-1-12(2-4-14)9-13-5-7-15(8-6-13)17-11-18/h12-15H,1-9H2/t12-,13-,14+,15-. The van der Waals surface area contributed by atoms with Crippen LogP contribution in [0.1, 0.15) is 57.8 Å². The minimum atomic E-state index is 0.244. The van der Waals surface area contributed by atoms with Crippen molar-refractivity contribution < 1.29 is 4.79 Å². The number of aliphatic imine (C=N–C) groups is 1. The molecule has 0 atom stereocenters. The Morgan fingerprint density at radius 3 is 2.00 bits per heavy atom. The van der Waals surface area contributed by atoms with Gasteiger partial charge in [-0.3, -0.25) is 0 Å². The van der Waals surface area contributed by atoms with Gasteiger partial charge < -0.3 is 0 Å². The van der Waals surface area contributed by atoms with E-state index in [0.717, 1.165) is 37.5 Å². The number of hydrogen-bond acceptors (Lipinski definition) is 3. The van der Waals surface area contributed by atoms with Crippen molar-refractivity contribution in [2.24, 2.45) is 22.7 Å². The van der Waals surface area contributed by atoms with Gasteiger partial charge in [-0.15, -0.1) is 0 Å². The summed E-state index contributed by atoms with van der Waals surface area (Å²) in [7, 11) is 0. The first-order valence-corrected chi connectivity index (χ1v) is 7.28. The van der Waals surface area contributed by atoms with E-state index in [4.69, 9.17) is 5.26 Å². The van der Waals surface area contributed by atoms with Crippen LogP contribution < -0.4 is 0 Å². The van der Waals surface area contributed by atoms with Crippen molar-refractivity contribution in [2.75, 3.05) is 0 Å². The van der Waals surface area contributed by atoms with Gasteiger partial charge in [0.25, 0.3) is 0 Å². The monoisotopic (exact) mass is 246 g/mol. The van der Waals surface area contributed by atoms with Crippen molar-refractivity contribution in [3.05, 3.63) is 0 Å². The molecular weight excluding hydrogens is 224 g/mol. The lowest BCUT2D eigenvalue weighted by atomic mass is 9.74. The van der Waals surface area contributed by atoms with Crippen LogP contribution in [0.25, 0.3) is 0 Å². The Morgan fingerprint density at radius 2 is 1.50 bits per heavy atom. The van der Waals surface area contributed by atoms with Crippen molar-refractivity contribution in [1.29, 1.82) is 5.26 Å².